The quantitative estimate of drug-likeness (QED) is 0.558. The van der Waals surface area contributed by atoms with E-state index in [2.05, 4.69) is 23.7 Å². The van der Waals surface area contributed by atoms with Gasteiger partial charge < -0.3 is 9.80 Å². The van der Waals surface area contributed by atoms with Crippen LogP contribution in [0, 0.1) is 0 Å². The molecule has 0 aliphatic carbocycles. The number of nitrogens with zero attached hydrogens (tertiary/aromatic N) is 3. The van der Waals surface area contributed by atoms with Gasteiger partial charge in [-0.3, -0.25) is 4.79 Å². The number of aromatic nitrogens is 1. The molecule has 0 bridgehead atoms. The number of hydrogen-bond acceptors (Lipinski definition) is 4. The molecule has 1 heterocycles. The van der Waals surface area contributed by atoms with Crippen molar-refractivity contribution in [1.29, 1.82) is 0 Å². The largest absolute Gasteiger partial charge is 0.338 e. The molecule has 4 nitrogen and oxygen atoms in total. The third-order valence-electron chi connectivity index (χ3n) is 4.14. The van der Waals surface area contributed by atoms with E-state index < -0.39 is 0 Å². The maximum Gasteiger partial charge on any atom is 0.228 e. The lowest BCUT2D eigenvalue weighted by molar-refractivity contribution is -0.131. The molecule has 0 atom stereocenters. The Balaban J connectivity index is 2.09. The van der Waals surface area contributed by atoms with Gasteiger partial charge in [0.25, 0.3) is 0 Å². The van der Waals surface area contributed by atoms with Crippen LogP contribution in [-0.4, -0.2) is 47.9 Å². The van der Waals surface area contributed by atoms with Crippen LogP contribution in [0.1, 0.15) is 42.5 Å². The molecule has 0 unspecified atom stereocenters. The van der Waals surface area contributed by atoms with E-state index in [-0.39, 0.29) is 5.91 Å². The average Bonchev–Trinajstić information content (AvgIpc) is 3.05. The number of rotatable bonds is 9. The van der Waals surface area contributed by atoms with Crippen LogP contribution in [0.5, 0.6) is 0 Å². The Kier molecular flexibility index (Phi) is 8.55. The summed E-state index contributed by atoms with van der Waals surface area (Å²) in [4.78, 5) is 21.5. The minimum absolute atomic E-state index is 0.0837. The second-order valence-corrected chi connectivity index (χ2v) is 8.93. The lowest BCUT2D eigenvalue weighted by atomic mass is 10.2. The first kappa shape index (κ1) is 22.2. The van der Waals surface area contributed by atoms with Crippen LogP contribution in [0.25, 0.3) is 0 Å². The summed E-state index contributed by atoms with van der Waals surface area (Å²) in [6.07, 6.45) is 1.24. The number of amides is 1. The first-order chi connectivity index (χ1) is 12.8. The van der Waals surface area contributed by atoms with Gasteiger partial charge in [-0.15, -0.1) is 11.3 Å². The zero-order chi connectivity index (χ0) is 20.0. The van der Waals surface area contributed by atoms with Gasteiger partial charge in [-0.1, -0.05) is 43.1 Å². The van der Waals surface area contributed by atoms with Crippen LogP contribution in [0.4, 0.5) is 0 Å². The van der Waals surface area contributed by atoms with Crippen LogP contribution < -0.4 is 0 Å². The number of hydrogen-bond donors (Lipinski definition) is 0. The second-order valence-electron chi connectivity index (χ2n) is 7.23. The molecule has 1 amide bonds. The molecule has 0 fully saturated rings. The standard InChI is InChI=1S/C20H27Cl2N3OS/c1-14(2)20-23-16(13-27-20)11-19(26)25(9-5-8-24(3)4)12-15-6-7-17(21)18(22)10-15/h6-7,10,13-14H,5,8-9,11-12H2,1-4H3. The molecule has 27 heavy (non-hydrogen) atoms. The van der Waals surface area contributed by atoms with Crippen molar-refractivity contribution in [2.24, 2.45) is 0 Å². The summed E-state index contributed by atoms with van der Waals surface area (Å²) in [5.41, 5.74) is 1.82. The van der Waals surface area contributed by atoms with E-state index in [1.165, 1.54) is 0 Å². The fourth-order valence-corrected chi connectivity index (χ4v) is 3.82. The molecule has 148 valence electrons. The summed E-state index contributed by atoms with van der Waals surface area (Å²) in [6.45, 7) is 6.37. The molecule has 1 aromatic carbocycles. The van der Waals surface area contributed by atoms with Crippen molar-refractivity contribution in [3.05, 3.63) is 49.9 Å². The highest BCUT2D eigenvalue weighted by Gasteiger charge is 2.17. The normalized spacial score (nSPS) is 11.4. The molecule has 7 heteroatoms. The van der Waals surface area contributed by atoms with Gasteiger partial charge in [-0.25, -0.2) is 4.98 Å². The zero-order valence-corrected chi connectivity index (χ0v) is 18.7. The molecule has 0 saturated carbocycles. The van der Waals surface area contributed by atoms with E-state index >= 15 is 0 Å². The summed E-state index contributed by atoms with van der Waals surface area (Å²) < 4.78 is 0. The molecule has 2 rings (SSSR count). The first-order valence-corrected chi connectivity index (χ1v) is 10.7. The van der Waals surface area contributed by atoms with Crippen LogP contribution in [0.2, 0.25) is 10.0 Å². The Morgan fingerprint density at radius 1 is 1.19 bits per heavy atom. The number of carbonyl (C=O) groups excluding carboxylic acids is 1. The third kappa shape index (κ3) is 7.07. The molecule has 0 spiro atoms. The maximum atomic E-state index is 12.9. The lowest BCUT2D eigenvalue weighted by Gasteiger charge is -2.24. The Morgan fingerprint density at radius 3 is 2.52 bits per heavy atom. The Hall–Kier alpha value is -1.14. The number of halogens is 2. The molecular weight excluding hydrogens is 401 g/mol. The van der Waals surface area contributed by atoms with Gasteiger partial charge in [0.1, 0.15) is 0 Å². The van der Waals surface area contributed by atoms with E-state index in [9.17, 15) is 4.79 Å². The number of benzene rings is 1. The molecule has 1 aromatic heterocycles. The van der Waals surface area contributed by atoms with Gasteiger partial charge in [-0.2, -0.15) is 0 Å². The van der Waals surface area contributed by atoms with Crippen molar-refractivity contribution in [2.75, 3.05) is 27.2 Å². The third-order valence-corrected chi connectivity index (χ3v) is 6.07. The monoisotopic (exact) mass is 427 g/mol. The van der Waals surface area contributed by atoms with Crippen molar-refractivity contribution in [2.45, 2.75) is 39.2 Å². The topological polar surface area (TPSA) is 36.4 Å². The lowest BCUT2D eigenvalue weighted by Crippen LogP contribution is -2.34. The van der Waals surface area contributed by atoms with Gasteiger partial charge in [0.05, 0.1) is 27.2 Å². The van der Waals surface area contributed by atoms with Crippen molar-refractivity contribution in [1.82, 2.24) is 14.8 Å². The van der Waals surface area contributed by atoms with E-state index in [1.54, 1.807) is 17.4 Å². The van der Waals surface area contributed by atoms with E-state index in [1.807, 2.05) is 36.5 Å². The zero-order valence-electron chi connectivity index (χ0n) is 16.3. The van der Waals surface area contributed by atoms with Crippen molar-refractivity contribution >= 4 is 40.4 Å². The minimum Gasteiger partial charge on any atom is -0.338 e. The Bertz CT molecular complexity index is 761. The van der Waals surface area contributed by atoms with Gasteiger partial charge in [0, 0.05) is 24.4 Å². The van der Waals surface area contributed by atoms with Crippen LogP contribution in [-0.2, 0) is 17.8 Å². The highest BCUT2D eigenvalue weighted by Crippen LogP contribution is 2.24. The van der Waals surface area contributed by atoms with Crippen LogP contribution in [0.3, 0.4) is 0 Å². The molecule has 0 radical (unpaired) electrons. The summed E-state index contributed by atoms with van der Waals surface area (Å²) in [5.74, 6) is 0.465. The van der Waals surface area contributed by atoms with E-state index in [4.69, 9.17) is 23.2 Å². The molecule has 2 aromatic rings. The van der Waals surface area contributed by atoms with Gasteiger partial charge >= 0.3 is 0 Å². The minimum atomic E-state index is 0.0837. The van der Waals surface area contributed by atoms with Crippen LogP contribution >= 0.6 is 34.5 Å². The highest BCUT2D eigenvalue weighted by molar-refractivity contribution is 7.09. The fourth-order valence-electron chi connectivity index (χ4n) is 2.66. The summed E-state index contributed by atoms with van der Waals surface area (Å²) in [7, 11) is 4.07. The predicted molar refractivity (Wildman–Crippen MR) is 115 cm³/mol. The van der Waals surface area contributed by atoms with E-state index in [0.29, 0.717) is 35.5 Å². The Labute approximate surface area is 176 Å². The first-order valence-electron chi connectivity index (χ1n) is 9.07. The molecule has 0 N–H and O–H groups in total. The smallest absolute Gasteiger partial charge is 0.228 e. The molecule has 0 aliphatic rings. The molecular formula is C20H27Cl2N3OS. The van der Waals surface area contributed by atoms with Gasteiger partial charge in [0.2, 0.25) is 5.91 Å². The summed E-state index contributed by atoms with van der Waals surface area (Å²) in [6, 6.07) is 5.52. The fraction of sp³-hybridized carbons (Fsp3) is 0.500. The molecule has 0 saturated heterocycles. The maximum absolute atomic E-state index is 12.9. The molecule has 0 aliphatic heterocycles. The van der Waals surface area contributed by atoms with Crippen LogP contribution in [0.15, 0.2) is 23.6 Å². The average molecular weight is 428 g/mol. The Morgan fingerprint density at radius 2 is 1.93 bits per heavy atom. The second kappa shape index (κ2) is 10.4. The SMILES string of the molecule is CC(C)c1nc(CC(=O)N(CCCN(C)C)Cc2ccc(Cl)c(Cl)c2)cs1. The van der Waals surface area contributed by atoms with Crippen molar-refractivity contribution in [3.8, 4) is 0 Å². The van der Waals surface area contributed by atoms with Gasteiger partial charge in [0.15, 0.2) is 0 Å². The van der Waals surface area contributed by atoms with E-state index in [0.717, 1.165) is 29.2 Å². The van der Waals surface area contributed by atoms with Crippen molar-refractivity contribution in [3.63, 3.8) is 0 Å². The summed E-state index contributed by atoms with van der Waals surface area (Å²) >= 11 is 13.8. The summed E-state index contributed by atoms with van der Waals surface area (Å²) in [5, 5.41) is 4.09. The van der Waals surface area contributed by atoms with Gasteiger partial charge in [-0.05, 0) is 44.8 Å². The number of thiazole rings is 1. The van der Waals surface area contributed by atoms with Crippen molar-refractivity contribution < 1.29 is 4.79 Å². The number of carbonyl (C=O) groups is 1. The highest BCUT2D eigenvalue weighted by atomic mass is 35.5. The predicted octanol–water partition coefficient (Wildman–Crippen LogP) is 5.10.